The lowest BCUT2D eigenvalue weighted by molar-refractivity contribution is 0.101. The van der Waals surface area contributed by atoms with Gasteiger partial charge in [-0.05, 0) is 36.8 Å². The lowest BCUT2D eigenvalue weighted by Crippen LogP contribution is -1.90. The zero-order valence-electron chi connectivity index (χ0n) is 10.0. The molecule has 18 heavy (non-hydrogen) atoms. The topological polar surface area (TPSA) is 17.1 Å². The molecule has 92 valence electrons. The molecule has 0 unspecified atom stereocenters. The van der Waals surface area contributed by atoms with Crippen LogP contribution in [-0.4, -0.2) is 5.78 Å². The summed E-state index contributed by atoms with van der Waals surface area (Å²) in [5.41, 5.74) is 2.05. The Hall–Kier alpha value is -1.06. The van der Waals surface area contributed by atoms with Crippen LogP contribution >= 0.6 is 27.7 Å². The van der Waals surface area contributed by atoms with Crippen molar-refractivity contribution >= 4 is 33.5 Å². The molecule has 0 spiro atoms. The van der Waals surface area contributed by atoms with Gasteiger partial charge in [0.25, 0.3) is 0 Å². The summed E-state index contributed by atoms with van der Waals surface area (Å²) in [7, 11) is 0. The van der Waals surface area contributed by atoms with Gasteiger partial charge in [0, 0.05) is 20.7 Å². The molecule has 0 aliphatic rings. The fourth-order valence-corrected chi connectivity index (χ4v) is 2.87. The van der Waals surface area contributed by atoms with Crippen molar-refractivity contribution < 1.29 is 4.79 Å². The van der Waals surface area contributed by atoms with Gasteiger partial charge in [0.05, 0.1) is 0 Å². The van der Waals surface area contributed by atoms with Crippen LogP contribution in [0.1, 0.15) is 22.8 Å². The Morgan fingerprint density at radius 2 is 1.89 bits per heavy atom. The summed E-state index contributed by atoms with van der Waals surface area (Å²) in [5, 5.41) is 0. The molecule has 0 saturated heterocycles. The first kappa shape index (κ1) is 13.4. The molecule has 0 aromatic heterocycles. The second kappa shape index (κ2) is 6.21. The van der Waals surface area contributed by atoms with Crippen molar-refractivity contribution in [1.29, 1.82) is 0 Å². The summed E-state index contributed by atoms with van der Waals surface area (Å²) < 4.78 is 1.10. The predicted molar refractivity (Wildman–Crippen MR) is 80.1 cm³/mol. The van der Waals surface area contributed by atoms with Gasteiger partial charge in [0.1, 0.15) is 0 Å². The number of hydrogen-bond donors (Lipinski definition) is 0. The number of Topliss-reactive ketones (excluding diaryl/α,β-unsaturated/α-hetero) is 1. The fraction of sp³-hybridized carbons (Fsp3) is 0.133. The molecule has 2 aromatic rings. The van der Waals surface area contributed by atoms with Crippen molar-refractivity contribution in [3.8, 4) is 0 Å². The van der Waals surface area contributed by atoms with Crippen molar-refractivity contribution in [1.82, 2.24) is 0 Å². The van der Waals surface area contributed by atoms with E-state index in [1.165, 1.54) is 10.5 Å². The highest BCUT2D eigenvalue weighted by atomic mass is 79.9. The zero-order chi connectivity index (χ0) is 13.0. The molecule has 0 saturated carbocycles. The number of benzene rings is 2. The maximum atomic E-state index is 11.2. The van der Waals surface area contributed by atoms with Gasteiger partial charge in [0.15, 0.2) is 5.78 Å². The Bertz CT molecular complexity index is 549. The van der Waals surface area contributed by atoms with Crippen molar-refractivity contribution in [2.24, 2.45) is 0 Å². The summed E-state index contributed by atoms with van der Waals surface area (Å²) in [6.07, 6.45) is 0. The Morgan fingerprint density at radius 1 is 1.17 bits per heavy atom. The van der Waals surface area contributed by atoms with Crippen LogP contribution < -0.4 is 0 Å². The van der Waals surface area contributed by atoms with Gasteiger partial charge < -0.3 is 0 Å². The highest BCUT2D eigenvalue weighted by Gasteiger charge is 2.00. The Morgan fingerprint density at radius 3 is 2.50 bits per heavy atom. The van der Waals surface area contributed by atoms with E-state index in [2.05, 4.69) is 28.1 Å². The summed E-state index contributed by atoms with van der Waals surface area (Å²) >= 11 is 5.24. The molecule has 0 aliphatic heterocycles. The van der Waals surface area contributed by atoms with Gasteiger partial charge in [-0.3, -0.25) is 4.79 Å². The van der Waals surface area contributed by atoms with Crippen LogP contribution in [0.15, 0.2) is 57.9 Å². The van der Waals surface area contributed by atoms with Gasteiger partial charge in [-0.15, -0.1) is 11.8 Å². The molecule has 3 heteroatoms. The number of hydrogen-bond acceptors (Lipinski definition) is 2. The van der Waals surface area contributed by atoms with Crippen LogP contribution in [0.25, 0.3) is 0 Å². The molecule has 2 rings (SSSR count). The SMILES string of the molecule is CC(=O)c1ccc(SCc2cccc(Br)c2)cc1. The minimum atomic E-state index is 0.110. The van der Waals surface area contributed by atoms with Crippen LogP contribution in [0.5, 0.6) is 0 Å². The third-order valence-corrected chi connectivity index (χ3v) is 4.13. The predicted octanol–water partition coefficient (Wildman–Crippen LogP) is 4.94. The van der Waals surface area contributed by atoms with E-state index in [0.29, 0.717) is 0 Å². The second-order valence-electron chi connectivity index (χ2n) is 4.00. The van der Waals surface area contributed by atoms with E-state index in [9.17, 15) is 4.79 Å². The first-order valence-electron chi connectivity index (χ1n) is 5.63. The van der Waals surface area contributed by atoms with E-state index in [-0.39, 0.29) is 5.78 Å². The van der Waals surface area contributed by atoms with Gasteiger partial charge in [-0.2, -0.15) is 0 Å². The number of ketones is 1. The van der Waals surface area contributed by atoms with Gasteiger partial charge in [-0.25, -0.2) is 0 Å². The molecular formula is C15H13BrOS. The molecule has 0 fully saturated rings. The third-order valence-electron chi connectivity index (χ3n) is 2.56. The largest absolute Gasteiger partial charge is 0.295 e. The molecule has 0 N–H and O–H groups in total. The van der Waals surface area contributed by atoms with Crippen molar-refractivity contribution in [3.63, 3.8) is 0 Å². The summed E-state index contributed by atoms with van der Waals surface area (Å²) in [4.78, 5) is 12.3. The minimum absolute atomic E-state index is 0.110. The molecule has 0 aliphatic carbocycles. The quantitative estimate of drug-likeness (QED) is 0.586. The summed E-state index contributed by atoms with van der Waals surface area (Å²) in [5.74, 6) is 1.04. The lowest BCUT2D eigenvalue weighted by atomic mass is 10.2. The Kier molecular flexibility index (Phi) is 4.61. The maximum Gasteiger partial charge on any atom is 0.159 e. The molecule has 0 atom stereocenters. The maximum absolute atomic E-state index is 11.2. The molecule has 1 nitrogen and oxygen atoms in total. The van der Waals surface area contributed by atoms with E-state index >= 15 is 0 Å². The normalized spacial score (nSPS) is 10.3. The van der Waals surface area contributed by atoms with Gasteiger partial charge >= 0.3 is 0 Å². The van der Waals surface area contributed by atoms with Crippen LogP contribution in [-0.2, 0) is 5.75 Å². The van der Waals surface area contributed by atoms with Crippen LogP contribution in [0.3, 0.4) is 0 Å². The average Bonchev–Trinajstić information content (AvgIpc) is 2.37. The summed E-state index contributed by atoms with van der Waals surface area (Å²) in [6, 6.07) is 16.1. The molecule has 2 aromatic carbocycles. The number of halogens is 1. The highest BCUT2D eigenvalue weighted by molar-refractivity contribution is 9.10. The third kappa shape index (κ3) is 3.72. The van der Waals surface area contributed by atoms with E-state index in [1.54, 1.807) is 18.7 Å². The number of rotatable bonds is 4. The first-order chi connectivity index (χ1) is 8.65. The van der Waals surface area contributed by atoms with Crippen molar-refractivity contribution in [3.05, 3.63) is 64.1 Å². The number of carbonyl (C=O) groups is 1. The van der Waals surface area contributed by atoms with Crippen LogP contribution in [0.2, 0.25) is 0 Å². The number of thioether (sulfide) groups is 1. The Balaban J connectivity index is 2.00. The van der Waals surface area contributed by atoms with E-state index < -0.39 is 0 Å². The zero-order valence-corrected chi connectivity index (χ0v) is 12.4. The standard InChI is InChI=1S/C15H13BrOS/c1-11(17)13-5-7-15(8-6-13)18-10-12-3-2-4-14(16)9-12/h2-9H,10H2,1H3. The smallest absolute Gasteiger partial charge is 0.159 e. The van der Waals surface area contributed by atoms with E-state index in [4.69, 9.17) is 0 Å². The van der Waals surface area contributed by atoms with Gasteiger partial charge in [0.2, 0.25) is 0 Å². The summed E-state index contributed by atoms with van der Waals surface area (Å²) in [6.45, 7) is 1.59. The molecule has 0 radical (unpaired) electrons. The Labute approximate surface area is 120 Å². The van der Waals surface area contributed by atoms with Gasteiger partial charge in [-0.1, -0.05) is 40.2 Å². The molecule has 0 heterocycles. The fourth-order valence-electron chi connectivity index (χ4n) is 1.58. The monoisotopic (exact) mass is 320 g/mol. The first-order valence-corrected chi connectivity index (χ1v) is 7.41. The van der Waals surface area contributed by atoms with Crippen LogP contribution in [0, 0.1) is 0 Å². The minimum Gasteiger partial charge on any atom is -0.295 e. The van der Waals surface area contributed by atoms with E-state index in [1.807, 2.05) is 36.4 Å². The van der Waals surface area contributed by atoms with Crippen molar-refractivity contribution in [2.75, 3.05) is 0 Å². The molecule has 0 amide bonds. The highest BCUT2D eigenvalue weighted by Crippen LogP contribution is 2.24. The molecule has 0 bridgehead atoms. The lowest BCUT2D eigenvalue weighted by Gasteiger charge is -2.03. The average molecular weight is 321 g/mol. The molecular weight excluding hydrogens is 308 g/mol. The number of carbonyl (C=O) groups excluding carboxylic acids is 1. The second-order valence-corrected chi connectivity index (χ2v) is 5.96. The van der Waals surface area contributed by atoms with E-state index in [0.717, 1.165) is 15.8 Å². The van der Waals surface area contributed by atoms with Crippen LogP contribution in [0.4, 0.5) is 0 Å². The van der Waals surface area contributed by atoms with Crippen molar-refractivity contribution in [2.45, 2.75) is 17.6 Å².